The van der Waals surface area contributed by atoms with Crippen molar-refractivity contribution in [2.24, 2.45) is 5.92 Å². The first-order chi connectivity index (χ1) is 7.02. The fourth-order valence-electron chi connectivity index (χ4n) is 0.930. The SMILES string of the molecule is C#CC(Nc1nc(Cl)nc(Cl)n1)C(C)C. The molecule has 0 aliphatic rings. The molecule has 0 bridgehead atoms. The molecule has 0 aliphatic carbocycles. The third kappa shape index (κ3) is 3.54. The second-order valence-electron chi connectivity index (χ2n) is 3.23. The molecular weight excluding hydrogens is 235 g/mol. The highest BCUT2D eigenvalue weighted by Gasteiger charge is 2.12. The van der Waals surface area contributed by atoms with Crippen molar-refractivity contribution in [3.8, 4) is 12.3 Å². The van der Waals surface area contributed by atoms with Crippen molar-refractivity contribution in [3.63, 3.8) is 0 Å². The van der Waals surface area contributed by atoms with E-state index in [-0.39, 0.29) is 28.5 Å². The van der Waals surface area contributed by atoms with Crippen molar-refractivity contribution in [2.75, 3.05) is 5.32 Å². The predicted molar refractivity (Wildman–Crippen MR) is 60.9 cm³/mol. The molecule has 1 unspecified atom stereocenters. The number of hydrogen-bond acceptors (Lipinski definition) is 4. The highest BCUT2D eigenvalue weighted by Crippen LogP contribution is 2.12. The van der Waals surface area contributed by atoms with Crippen LogP contribution in [0.5, 0.6) is 0 Å². The predicted octanol–water partition coefficient (Wildman–Crippen LogP) is 2.25. The van der Waals surface area contributed by atoms with Gasteiger partial charge < -0.3 is 5.32 Å². The van der Waals surface area contributed by atoms with Crippen LogP contribution in [0.3, 0.4) is 0 Å². The van der Waals surface area contributed by atoms with Gasteiger partial charge in [0, 0.05) is 0 Å². The summed E-state index contributed by atoms with van der Waals surface area (Å²) < 4.78 is 0. The summed E-state index contributed by atoms with van der Waals surface area (Å²) in [6.07, 6.45) is 5.35. The van der Waals surface area contributed by atoms with E-state index >= 15 is 0 Å². The van der Waals surface area contributed by atoms with Crippen molar-refractivity contribution in [1.29, 1.82) is 0 Å². The van der Waals surface area contributed by atoms with Gasteiger partial charge >= 0.3 is 0 Å². The third-order valence-corrected chi connectivity index (χ3v) is 2.05. The van der Waals surface area contributed by atoms with Crippen molar-refractivity contribution in [3.05, 3.63) is 10.6 Å². The smallest absolute Gasteiger partial charge is 0.229 e. The van der Waals surface area contributed by atoms with Crippen LogP contribution >= 0.6 is 23.2 Å². The van der Waals surface area contributed by atoms with E-state index in [0.717, 1.165) is 0 Å². The minimum Gasteiger partial charge on any atom is -0.340 e. The summed E-state index contributed by atoms with van der Waals surface area (Å²) in [7, 11) is 0. The Morgan fingerprint density at radius 3 is 2.13 bits per heavy atom. The molecular formula is C9H10Cl2N4. The molecule has 1 heterocycles. The number of aromatic nitrogens is 3. The third-order valence-electron chi connectivity index (χ3n) is 1.71. The minimum absolute atomic E-state index is 0.0389. The molecule has 4 nitrogen and oxygen atoms in total. The zero-order valence-corrected chi connectivity index (χ0v) is 9.84. The second kappa shape index (κ2) is 5.15. The number of anilines is 1. The molecule has 1 N–H and O–H groups in total. The lowest BCUT2D eigenvalue weighted by atomic mass is 10.1. The number of nitrogens with zero attached hydrogens (tertiary/aromatic N) is 3. The Kier molecular flexibility index (Phi) is 4.13. The Hall–Kier alpha value is -1.05. The van der Waals surface area contributed by atoms with E-state index < -0.39 is 0 Å². The standard InChI is InChI=1S/C9H10Cl2N4/c1-4-6(5(2)3)12-9-14-7(10)13-8(11)15-9/h1,5-6H,2-3H3,(H,12,13,14,15). The summed E-state index contributed by atoms with van der Waals surface area (Å²) in [5.41, 5.74) is 0. The van der Waals surface area contributed by atoms with Gasteiger partial charge in [0.05, 0.1) is 6.04 Å². The Morgan fingerprint density at radius 1 is 1.20 bits per heavy atom. The van der Waals surface area contributed by atoms with E-state index in [1.165, 1.54) is 0 Å². The van der Waals surface area contributed by atoms with Crippen molar-refractivity contribution >= 4 is 29.2 Å². The summed E-state index contributed by atoms with van der Waals surface area (Å²) >= 11 is 11.2. The van der Waals surface area contributed by atoms with Crippen LogP contribution in [0.25, 0.3) is 0 Å². The van der Waals surface area contributed by atoms with Crippen LogP contribution in [0.1, 0.15) is 13.8 Å². The topological polar surface area (TPSA) is 50.7 Å². The number of halogens is 2. The van der Waals surface area contributed by atoms with Crippen molar-refractivity contribution in [1.82, 2.24) is 15.0 Å². The van der Waals surface area contributed by atoms with E-state index in [2.05, 4.69) is 26.2 Å². The zero-order chi connectivity index (χ0) is 11.4. The maximum absolute atomic E-state index is 5.62. The average Bonchev–Trinajstić information content (AvgIpc) is 2.12. The Morgan fingerprint density at radius 2 is 1.73 bits per heavy atom. The lowest BCUT2D eigenvalue weighted by Crippen LogP contribution is -2.24. The van der Waals surface area contributed by atoms with Crippen molar-refractivity contribution in [2.45, 2.75) is 19.9 Å². The molecule has 0 spiro atoms. The molecule has 6 heteroatoms. The van der Waals surface area contributed by atoms with Gasteiger partial charge in [-0.05, 0) is 29.1 Å². The number of rotatable bonds is 3. The van der Waals surface area contributed by atoms with E-state index in [1.54, 1.807) is 0 Å². The summed E-state index contributed by atoms with van der Waals surface area (Å²) in [4.78, 5) is 11.3. The van der Waals surface area contributed by atoms with Crippen LogP contribution in [0.2, 0.25) is 10.6 Å². The fourth-order valence-corrected chi connectivity index (χ4v) is 1.29. The molecule has 0 aliphatic heterocycles. The van der Waals surface area contributed by atoms with Gasteiger partial charge in [-0.3, -0.25) is 0 Å². The first kappa shape index (κ1) is 12.0. The number of nitrogens with one attached hydrogen (secondary N) is 1. The van der Waals surface area contributed by atoms with Crippen LogP contribution in [-0.2, 0) is 0 Å². The summed E-state index contributed by atoms with van der Waals surface area (Å²) in [6, 6.07) is -0.167. The molecule has 0 fully saturated rings. The summed E-state index contributed by atoms with van der Waals surface area (Å²) in [6.45, 7) is 3.98. The minimum atomic E-state index is -0.167. The molecule has 80 valence electrons. The van der Waals surface area contributed by atoms with E-state index in [0.29, 0.717) is 0 Å². The van der Waals surface area contributed by atoms with Gasteiger partial charge in [0.1, 0.15) is 0 Å². The molecule has 1 rings (SSSR count). The Labute approximate surface area is 98.4 Å². The average molecular weight is 245 g/mol. The zero-order valence-electron chi connectivity index (χ0n) is 8.33. The van der Waals surface area contributed by atoms with Crippen LogP contribution in [-0.4, -0.2) is 21.0 Å². The molecule has 1 aromatic heterocycles. The molecule has 15 heavy (non-hydrogen) atoms. The monoisotopic (exact) mass is 244 g/mol. The molecule has 1 atom stereocenters. The van der Waals surface area contributed by atoms with Gasteiger partial charge in [-0.2, -0.15) is 15.0 Å². The van der Waals surface area contributed by atoms with Gasteiger partial charge in [-0.15, -0.1) is 6.42 Å². The molecule has 0 radical (unpaired) electrons. The molecule has 1 aromatic rings. The van der Waals surface area contributed by atoms with Gasteiger partial charge in [-0.1, -0.05) is 19.8 Å². The Bertz CT molecular complexity index is 366. The lowest BCUT2D eigenvalue weighted by Gasteiger charge is -2.16. The van der Waals surface area contributed by atoms with Gasteiger partial charge in [0.2, 0.25) is 16.5 Å². The quantitative estimate of drug-likeness (QED) is 0.830. The Balaban J connectivity index is 2.85. The lowest BCUT2D eigenvalue weighted by molar-refractivity contribution is 0.610. The van der Waals surface area contributed by atoms with Gasteiger partial charge in [0.15, 0.2) is 0 Å². The highest BCUT2D eigenvalue weighted by molar-refractivity contribution is 6.31. The van der Waals surface area contributed by atoms with E-state index in [9.17, 15) is 0 Å². The number of hydrogen-bond donors (Lipinski definition) is 1. The highest BCUT2D eigenvalue weighted by atomic mass is 35.5. The normalized spacial score (nSPS) is 12.3. The summed E-state index contributed by atoms with van der Waals surface area (Å²) in [5.74, 6) is 3.13. The van der Waals surface area contributed by atoms with Crippen LogP contribution < -0.4 is 5.32 Å². The van der Waals surface area contributed by atoms with Gasteiger partial charge in [-0.25, -0.2) is 0 Å². The maximum Gasteiger partial charge on any atom is 0.229 e. The molecule has 0 aromatic carbocycles. The van der Waals surface area contributed by atoms with Crippen LogP contribution in [0.4, 0.5) is 5.95 Å². The van der Waals surface area contributed by atoms with Crippen LogP contribution in [0.15, 0.2) is 0 Å². The van der Waals surface area contributed by atoms with E-state index in [1.807, 2.05) is 13.8 Å². The van der Waals surface area contributed by atoms with Crippen molar-refractivity contribution < 1.29 is 0 Å². The largest absolute Gasteiger partial charge is 0.340 e. The number of terminal acetylenes is 1. The first-order valence-corrected chi connectivity index (χ1v) is 5.08. The molecule has 0 saturated heterocycles. The molecule has 0 saturated carbocycles. The second-order valence-corrected chi connectivity index (χ2v) is 3.91. The maximum atomic E-state index is 5.62. The van der Waals surface area contributed by atoms with Gasteiger partial charge in [0.25, 0.3) is 0 Å². The summed E-state index contributed by atoms with van der Waals surface area (Å²) in [5, 5.41) is 3.02. The first-order valence-electron chi connectivity index (χ1n) is 4.32. The fraction of sp³-hybridized carbons (Fsp3) is 0.444. The van der Waals surface area contributed by atoms with E-state index in [4.69, 9.17) is 29.6 Å². The molecule has 0 amide bonds. The van der Waals surface area contributed by atoms with Crippen LogP contribution in [0, 0.1) is 18.3 Å².